The number of carbonyl (C=O) groups excluding carboxylic acids is 2. The van der Waals surface area contributed by atoms with Gasteiger partial charge in [-0.1, -0.05) is 99.8 Å². The molecule has 1 unspecified atom stereocenters. The number of amides is 2. The molecule has 0 saturated heterocycles. The van der Waals surface area contributed by atoms with E-state index in [2.05, 4.69) is 56.2 Å². The summed E-state index contributed by atoms with van der Waals surface area (Å²) in [5.41, 5.74) is 3.18. The molecule has 0 heterocycles. The number of carbonyl (C=O) groups is 2. The Hall–Kier alpha value is -2.09. The lowest BCUT2D eigenvalue weighted by Crippen LogP contribution is -2.51. The van der Waals surface area contributed by atoms with Crippen LogP contribution in [0.5, 0.6) is 0 Å². The van der Waals surface area contributed by atoms with Gasteiger partial charge in [-0.3, -0.25) is 9.59 Å². The third kappa shape index (κ3) is 9.41. The normalized spacial score (nSPS) is 11.6. The van der Waals surface area contributed by atoms with Gasteiger partial charge in [0, 0.05) is 34.2 Å². The minimum absolute atomic E-state index is 0.0356. The molecule has 1 atom stereocenters. The summed E-state index contributed by atoms with van der Waals surface area (Å²) < 4.78 is 2.01. The van der Waals surface area contributed by atoms with Gasteiger partial charge in [0.1, 0.15) is 6.04 Å². The smallest absolute Gasteiger partial charge is 0.243 e. The largest absolute Gasteiger partial charge is 0.354 e. The van der Waals surface area contributed by atoms with E-state index in [-0.39, 0.29) is 11.8 Å². The van der Waals surface area contributed by atoms with Gasteiger partial charge in [0.05, 0.1) is 5.75 Å². The van der Waals surface area contributed by atoms with Gasteiger partial charge in [-0.2, -0.15) is 0 Å². The summed E-state index contributed by atoms with van der Waals surface area (Å²) in [4.78, 5) is 28.8. The summed E-state index contributed by atoms with van der Waals surface area (Å²) in [6.07, 6.45) is 2.38. The fraction of sp³-hybridized carbons (Fsp3) is 0.310. The van der Waals surface area contributed by atoms with E-state index in [0.717, 1.165) is 44.2 Å². The molecule has 0 spiro atoms. The average Bonchev–Trinajstić information content (AvgIpc) is 2.89. The van der Waals surface area contributed by atoms with Crippen molar-refractivity contribution in [2.24, 2.45) is 0 Å². The predicted octanol–water partition coefficient (Wildman–Crippen LogP) is 7.00. The number of hydrogen-bond acceptors (Lipinski definition) is 3. The molecule has 1 N–H and O–H groups in total. The molecule has 36 heavy (non-hydrogen) atoms. The van der Waals surface area contributed by atoms with Crippen molar-refractivity contribution in [2.75, 3.05) is 12.3 Å². The molecule has 0 radical (unpaired) electrons. The van der Waals surface area contributed by atoms with Crippen molar-refractivity contribution in [1.29, 1.82) is 0 Å². The lowest BCUT2D eigenvalue weighted by molar-refractivity contribution is -0.139. The second-order valence-corrected chi connectivity index (χ2v) is 11.4. The molecule has 0 fully saturated rings. The van der Waals surface area contributed by atoms with Crippen LogP contribution in [0.1, 0.15) is 36.5 Å². The molecule has 0 bridgehead atoms. The van der Waals surface area contributed by atoms with Crippen LogP contribution >= 0.6 is 43.6 Å². The highest BCUT2D eigenvalue weighted by Crippen LogP contribution is 2.20. The first kappa shape index (κ1) is 28.5. The zero-order valence-corrected chi connectivity index (χ0v) is 24.4. The highest BCUT2D eigenvalue weighted by atomic mass is 79.9. The SMILES string of the molecule is CCCCNC(=O)C(Cc1ccccc1)N(Cc1ccc(Br)cc1)C(=O)CSCc1ccc(Br)cc1. The molecular formula is C29H32Br2N2O2S. The molecular weight excluding hydrogens is 600 g/mol. The Bertz CT molecular complexity index is 1090. The Morgan fingerprint density at radius 2 is 1.47 bits per heavy atom. The zero-order valence-electron chi connectivity index (χ0n) is 20.5. The number of thioether (sulfide) groups is 1. The number of halogens is 2. The maximum atomic E-state index is 13.6. The lowest BCUT2D eigenvalue weighted by atomic mass is 10.0. The van der Waals surface area contributed by atoms with Crippen molar-refractivity contribution in [1.82, 2.24) is 10.2 Å². The Labute approximate surface area is 235 Å². The van der Waals surface area contributed by atoms with E-state index in [9.17, 15) is 9.59 Å². The minimum Gasteiger partial charge on any atom is -0.354 e. The quantitative estimate of drug-likeness (QED) is 0.207. The Morgan fingerprint density at radius 3 is 2.08 bits per heavy atom. The second kappa shape index (κ2) is 15.2. The van der Waals surface area contributed by atoms with Gasteiger partial charge in [-0.05, 0) is 47.4 Å². The van der Waals surface area contributed by atoms with Crippen molar-refractivity contribution in [3.8, 4) is 0 Å². The Balaban J connectivity index is 1.81. The highest BCUT2D eigenvalue weighted by molar-refractivity contribution is 9.10. The van der Waals surface area contributed by atoms with Crippen molar-refractivity contribution in [3.05, 3.63) is 104 Å². The molecule has 2 amide bonds. The molecule has 190 valence electrons. The van der Waals surface area contributed by atoms with Crippen LogP contribution in [0.15, 0.2) is 87.8 Å². The predicted molar refractivity (Wildman–Crippen MR) is 157 cm³/mol. The first-order chi connectivity index (χ1) is 17.5. The fourth-order valence-corrected chi connectivity index (χ4v) is 5.17. The van der Waals surface area contributed by atoms with Gasteiger partial charge in [-0.25, -0.2) is 0 Å². The molecule has 4 nitrogen and oxygen atoms in total. The van der Waals surface area contributed by atoms with Crippen LogP contribution < -0.4 is 5.32 Å². The molecule has 3 aromatic rings. The zero-order chi connectivity index (χ0) is 25.8. The van der Waals surface area contributed by atoms with E-state index in [1.807, 2.05) is 66.7 Å². The van der Waals surface area contributed by atoms with Gasteiger partial charge in [0.15, 0.2) is 0 Å². The molecule has 3 rings (SSSR count). The third-order valence-electron chi connectivity index (χ3n) is 5.77. The number of rotatable bonds is 13. The van der Waals surface area contributed by atoms with Crippen molar-refractivity contribution in [2.45, 2.75) is 44.5 Å². The lowest BCUT2D eigenvalue weighted by Gasteiger charge is -2.31. The van der Waals surface area contributed by atoms with E-state index in [0.29, 0.717) is 25.3 Å². The maximum absolute atomic E-state index is 13.6. The van der Waals surface area contributed by atoms with Crippen LogP contribution in [0.2, 0.25) is 0 Å². The van der Waals surface area contributed by atoms with Gasteiger partial charge in [0.25, 0.3) is 0 Å². The topological polar surface area (TPSA) is 49.4 Å². The number of nitrogens with zero attached hydrogens (tertiary/aromatic N) is 1. The highest BCUT2D eigenvalue weighted by Gasteiger charge is 2.30. The Kier molecular flexibility index (Phi) is 12.0. The van der Waals surface area contributed by atoms with E-state index in [1.54, 1.807) is 16.7 Å². The number of unbranched alkanes of at least 4 members (excludes halogenated alkanes) is 1. The molecule has 0 aliphatic heterocycles. The molecule has 0 aromatic heterocycles. The molecule has 0 aliphatic carbocycles. The van der Waals surface area contributed by atoms with E-state index in [1.165, 1.54) is 0 Å². The van der Waals surface area contributed by atoms with E-state index < -0.39 is 6.04 Å². The van der Waals surface area contributed by atoms with Crippen molar-refractivity contribution >= 4 is 55.4 Å². The first-order valence-corrected chi connectivity index (χ1v) is 14.9. The summed E-state index contributed by atoms with van der Waals surface area (Å²) in [5, 5.41) is 3.07. The maximum Gasteiger partial charge on any atom is 0.243 e. The van der Waals surface area contributed by atoms with Gasteiger partial charge < -0.3 is 10.2 Å². The van der Waals surface area contributed by atoms with Crippen LogP contribution in [0.25, 0.3) is 0 Å². The van der Waals surface area contributed by atoms with Crippen LogP contribution in [0.4, 0.5) is 0 Å². The molecule has 0 saturated carbocycles. The van der Waals surface area contributed by atoms with Gasteiger partial charge >= 0.3 is 0 Å². The Morgan fingerprint density at radius 1 is 0.861 bits per heavy atom. The number of hydrogen-bond donors (Lipinski definition) is 1. The van der Waals surface area contributed by atoms with Gasteiger partial charge in [-0.15, -0.1) is 11.8 Å². The average molecular weight is 632 g/mol. The van der Waals surface area contributed by atoms with Crippen molar-refractivity contribution in [3.63, 3.8) is 0 Å². The third-order valence-corrected chi connectivity index (χ3v) is 7.82. The summed E-state index contributed by atoms with van der Waals surface area (Å²) in [7, 11) is 0. The van der Waals surface area contributed by atoms with Gasteiger partial charge in [0.2, 0.25) is 11.8 Å². The summed E-state index contributed by atoms with van der Waals surface area (Å²) in [6, 6.07) is 25.4. The van der Waals surface area contributed by atoms with Crippen LogP contribution in [-0.4, -0.2) is 35.1 Å². The summed E-state index contributed by atoms with van der Waals surface area (Å²) in [6.45, 7) is 3.09. The van der Waals surface area contributed by atoms with Crippen LogP contribution in [-0.2, 0) is 28.3 Å². The number of nitrogens with one attached hydrogen (secondary N) is 1. The van der Waals surface area contributed by atoms with Crippen LogP contribution in [0, 0.1) is 0 Å². The molecule has 0 aliphatic rings. The fourth-order valence-electron chi connectivity index (χ4n) is 3.77. The molecule has 3 aromatic carbocycles. The first-order valence-electron chi connectivity index (χ1n) is 12.1. The minimum atomic E-state index is -0.589. The van der Waals surface area contributed by atoms with Crippen LogP contribution in [0.3, 0.4) is 0 Å². The van der Waals surface area contributed by atoms with Crippen molar-refractivity contribution < 1.29 is 9.59 Å². The number of benzene rings is 3. The summed E-state index contributed by atoms with van der Waals surface area (Å²) in [5.74, 6) is 0.902. The van der Waals surface area contributed by atoms with E-state index >= 15 is 0 Å². The standard InChI is InChI=1S/C29H32Br2N2O2S/c1-2-3-17-32-29(35)27(18-22-7-5-4-6-8-22)33(19-23-9-13-25(30)14-10-23)28(34)21-36-20-24-11-15-26(31)16-12-24/h4-16,27H,2-3,17-21H2,1H3,(H,32,35). The monoisotopic (exact) mass is 630 g/mol. The van der Waals surface area contributed by atoms with E-state index in [4.69, 9.17) is 0 Å². The molecule has 7 heteroatoms. The summed E-state index contributed by atoms with van der Waals surface area (Å²) >= 11 is 8.52. The second-order valence-electron chi connectivity index (χ2n) is 8.62.